The number of rotatable bonds is 4. The van der Waals surface area contributed by atoms with Crippen LogP contribution in [0.25, 0.3) is 0 Å². The number of aliphatic hydroxyl groups is 1. The number of hydrogen-bond donors (Lipinski definition) is 1. The van der Waals surface area contributed by atoms with Gasteiger partial charge < -0.3 is 14.6 Å². The van der Waals surface area contributed by atoms with Crippen LogP contribution in [0.4, 0.5) is 0 Å². The second-order valence-electron chi connectivity index (χ2n) is 8.19. The molecule has 0 aliphatic heterocycles. The van der Waals surface area contributed by atoms with Crippen LogP contribution in [0.5, 0.6) is 11.5 Å². The van der Waals surface area contributed by atoms with E-state index in [0.29, 0.717) is 25.0 Å². The topological polar surface area (TPSA) is 55.8 Å². The lowest BCUT2D eigenvalue weighted by Gasteiger charge is -2.47. The van der Waals surface area contributed by atoms with Crippen molar-refractivity contribution in [3.8, 4) is 11.5 Å². The van der Waals surface area contributed by atoms with E-state index in [4.69, 9.17) is 9.47 Å². The molecular formula is C22H30O4. The zero-order chi connectivity index (χ0) is 19.3. The first-order valence-corrected chi connectivity index (χ1v) is 9.41. The van der Waals surface area contributed by atoms with Crippen molar-refractivity contribution in [3.63, 3.8) is 0 Å². The number of ether oxygens (including phenoxy) is 2. The van der Waals surface area contributed by atoms with Gasteiger partial charge in [-0.25, -0.2) is 0 Å². The molecule has 26 heavy (non-hydrogen) atoms. The van der Waals surface area contributed by atoms with Crippen LogP contribution in [0.3, 0.4) is 0 Å². The molecule has 2 atom stereocenters. The Morgan fingerprint density at radius 3 is 2.42 bits per heavy atom. The van der Waals surface area contributed by atoms with Crippen LogP contribution in [-0.2, 0) is 16.6 Å². The van der Waals surface area contributed by atoms with Crippen LogP contribution >= 0.6 is 0 Å². The molecule has 2 aliphatic rings. The Bertz CT molecular complexity index is 777. The van der Waals surface area contributed by atoms with E-state index in [0.717, 1.165) is 41.0 Å². The molecule has 4 heteroatoms. The SMILES string of the molecule is COc1cc(C(C)C)c(OC)c2c1C1(C)CCC(O)(C=O)C(C)=C1CC2. The first-order chi connectivity index (χ1) is 12.2. The number of methoxy groups -OCH3 is 2. The summed E-state index contributed by atoms with van der Waals surface area (Å²) in [5.41, 5.74) is 3.93. The van der Waals surface area contributed by atoms with Gasteiger partial charge in [0.25, 0.3) is 0 Å². The molecule has 0 fully saturated rings. The molecule has 1 N–H and O–H groups in total. The van der Waals surface area contributed by atoms with Gasteiger partial charge in [0.05, 0.1) is 14.2 Å². The number of aldehydes is 1. The molecule has 142 valence electrons. The van der Waals surface area contributed by atoms with E-state index in [9.17, 15) is 9.90 Å². The van der Waals surface area contributed by atoms with Gasteiger partial charge in [-0.05, 0) is 50.2 Å². The van der Waals surface area contributed by atoms with Gasteiger partial charge in [-0.2, -0.15) is 0 Å². The van der Waals surface area contributed by atoms with Crippen molar-refractivity contribution in [1.82, 2.24) is 0 Å². The molecule has 1 aromatic carbocycles. The molecule has 1 aromatic rings. The summed E-state index contributed by atoms with van der Waals surface area (Å²) in [6, 6.07) is 2.10. The molecule has 0 spiro atoms. The third-order valence-electron chi connectivity index (χ3n) is 6.56. The Balaban J connectivity index is 2.32. The van der Waals surface area contributed by atoms with Gasteiger partial charge in [0.1, 0.15) is 17.1 Å². The number of hydrogen-bond acceptors (Lipinski definition) is 4. The quantitative estimate of drug-likeness (QED) is 0.651. The molecule has 0 aromatic heterocycles. The van der Waals surface area contributed by atoms with Gasteiger partial charge in [0.2, 0.25) is 0 Å². The van der Waals surface area contributed by atoms with Gasteiger partial charge in [-0.15, -0.1) is 0 Å². The highest BCUT2D eigenvalue weighted by Crippen LogP contribution is 2.56. The zero-order valence-corrected chi connectivity index (χ0v) is 16.7. The lowest BCUT2D eigenvalue weighted by atomic mass is 9.58. The number of allylic oxidation sites excluding steroid dienone is 1. The maximum atomic E-state index is 11.5. The van der Waals surface area contributed by atoms with Gasteiger partial charge in [-0.1, -0.05) is 26.3 Å². The van der Waals surface area contributed by atoms with Gasteiger partial charge in [0, 0.05) is 22.1 Å². The van der Waals surface area contributed by atoms with Crippen molar-refractivity contribution in [1.29, 1.82) is 0 Å². The average molecular weight is 358 g/mol. The molecule has 3 rings (SSSR count). The summed E-state index contributed by atoms with van der Waals surface area (Å²) < 4.78 is 11.7. The number of carbonyl (C=O) groups excluding carboxylic acids is 1. The molecule has 2 aliphatic carbocycles. The number of carbonyl (C=O) groups is 1. The van der Waals surface area contributed by atoms with Crippen LogP contribution in [0, 0.1) is 0 Å². The first kappa shape index (κ1) is 19.0. The fourth-order valence-corrected chi connectivity index (χ4v) is 4.98. The molecule has 4 nitrogen and oxygen atoms in total. The van der Waals surface area contributed by atoms with Crippen LogP contribution in [0.2, 0.25) is 0 Å². The Kier molecular flexibility index (Phi) is 4.68. The van der Waals surface area contributed by atoms with Crippen LogP contribution in [-0.4, -0.2) is 31.2 Å². The summed E-state index contributed by atoms with van der Waals surface area (Å²) in [5, 5.41) is 10.7. The second-order valence-corrected chi connectivity index (χ2v) is 8.19. The van der Waals surface area contributed by atoms with E-state index in [-0.39, 0.29) is 5.41 Å². The summed E-state index contributed by atoms with van der Waals surface area (Å²) in [4.78, 5) is 11.5. The predicted molar refractivity (Wildman–Crippen MR) is 102 cm³/mol. The number of benzene rings is 1. The van der Waals surface area contributed by atoms with Crippen molar-refractivity contribution in [2.24, 2.45) is 0 Å². The van der Waals surface area contributed by atoms with Crippen LogP contribution < -0.4 is 9.47 Å². The van der Waals surface area contributed by atoms with E-state index in [1.165, 1.54) is 11.1 Å². The van der Waals surface area contributed by atoms with Crippen LogP contribution in [0.1, 0.15) is 69.6 Å². The van der Waals surface area contributed by atoms with Crippen molar-refractivity contribution in [3.05, 3.63) is 33.9 Å². The van der Waals surface area contributed by atoms with E-state index >= 15 is 0 Å². The molecule has 0 heterocycles. The van der Waals surface area contributed by atoms with Crippen molar-refractivity contribution < 1.29 is 19.4 Å². The maximum absolute atomic E-state index is 11.5. The van der Waals surface area contributed by atoms with Crippen molar-refractivity contribution in [2.75, 3.05) is 14.2 Å². The summed E-state index contributed by atoms with van der Waals surface area (Å²) in [7, 11) is 3.45. The standard InChI is InChI=1S/C22H30O4/c1-13(2)16-11-18(25-5)19-15(20(16)26-6)7-8-17-14(3)22(24,12-23)10-9-21(17,19)4/h11-13,24H,7-10H2,1-6H3. The molecule has 0 radical (unpaired) electrons. The first-order valence-electron chi connectivity index (χ1n) is 9.41. The summed E-state index contributed by atoms with van der Waals surface area (Å²) in [6.45, 7) is 8.44. The lowest BCUT2D eigenvalue weighted by molar-refractivity contribution is -0.122. The monoisotopic (exact) mass is 358 g/mol. The van der Waals surface area contributed by atoms with Crippen LogP contribution in [0.15, 0.2) is 17.2 Å². The van der Waals surface area contributed by atoms with Gasteiger partial charge >= 0.3 is 0 Å². The predicted octanol–water partition coefficient (Wildman–Crippen LogP) is 4.07. The highest BCUT2D eigenvalue weighted by Gasteiger charge is 2.48. The third kappa shape index (κ3) is 2.50. The van der Waals surface area contributed by atoms with E-state index in [1.54, 1.807) is 14.2 Å². The fraction of sp³-hybridized carbons (Fsp3) is 0.591. The maximum Gasteiger partial charge on any atom is 0.155 e. The van der Waals surface area contributed by atoms with Gasteiger partial charge in [0.15, 0.2) is 6.29 Å². The van der Waals surface area contributed by atoms with Gasteiger partial charge in [-0.3, -0.25) is 4.79 Å². The molecule has 0 saturated carbocycles. The zero-order valence-electron chi connectivity index (χ0n) is 16.7. The highest BCUT2D eigenvalue weighted by molar-refractivity contribution is 5.72. The molecular weight excluding hydrogens is 328 g/mol. The largest absolute Gasteiger partial charge is 0.496 e. The number of fused-ring (bicyclic) bond motifs is 3. The Labute approximate surface area is 156 Å². The van der Waals surface area contributed by atoms with E-state index < -0.39 is 5.60 Å². The average Bonchev–Trinajstić information content (AvgIpc) is 2.63. The van der Waals surface area contributed by atoms with Crippen molar-refractivity contribution in [2.45, 2.75) is 70.3 Å². The minimum atomic E-state index is -1.33. The Morgan fingerprint density at radius 2 is 1.88 bits per heavy atom. The Hall–Kier alpha value is -1.81. The molecule has 0 bridgehead atoms. The highest BCUT2D eigenvalue weighted by atomic mass is 16.5. The van der Waals surface area contributed by atoms with Crippen molar-refractivity contribution >= 4 is 6.29 Å². The summed E-state index contributed by atoms with van der Waals surface area (Å²) in [6.07, 6.45) is 3.49. The van der Waals surface area contributed by atoms with E-state index in [2.05, 4.69) is 26.8 Å². The summed E-state index contributed by atoms with van der Waals surface area (Å²) >= 11 is 0. The molecule has 0 amide bonds. The fourth-order valence-electron chi connectivity index (χ4n) is 4.98. The Morgan fingerprint density at radius 1 is 1.19 bits per heavy atom. The molecule has 2 unspecified atom stereocenters. The minimum Gasteiger partial charge on any atom is -0.496 e. The van der Waals surface area contributed by atoms with E-state index in [1.807, 2.05) is 6.92 Å². The molecule has 0 saturated heterocycles. The second kappa shape index (κ2) is 6.41. The smallest absolute Gasteiger partial charge is 0.155 e. The summed E-state index contributed by atoms with van der Waals surface area (Å²) in [5.74, 6) is 2.18. The minimum absolute atomic E-state index is 0.249. The lowest BCUT2D eigenvalue weighted by Crippen LogP contribution is -2.45. The normalized spacial score (nSPS) is 27.8. The third-order valence-corrected chi connectivity index (χ3v) is 6.56.